The molecule has 2 amide bonds. The minimum absolute atomic E-state index is 0. The van der Waals surface area contributed by atoms with Gasteiger partial charge in [0.2, 0.25) is 5.91 Å². The summed E-state index contributed by atoms with van der Waals surface area (Å²) in [6.07, 6.45) is 0.925. The van der Waals surface area contributed by atoms with Gasteiger partial charge in [-0.05, 0) is 31.5 Å². The second-order valence-corrected chi connectivity index (χ2v) is 4.56. The minimum atomic E-state index is -0.223. The number of rotatable bonds is 6. The third-order valence-electron chi connectivity index (χ3n) is 2.79. The van der Waals surface area contributed by atoms with Crippen LogP contribution >= 0.6 is 12.4 Å². The van der Waals surface area contributed by atoms with E-state index in [0.717, 1.165) is 0 Å². The fourth-order valence-corrected chi connectivity index (χ4v) is 1.66. The fourth-order valence-electron chi connectivity index (χ4n) is 1.66. The van der Waals surface area contributed by atoms with Crippen LogP contribution in [0.25, 0.3) is 0 Å². The van der Waals surface area contributed by atoms with E-state index in [9.17, 15) is 9.59 Å². The van der Waals surface area contributed by atoms with Crippen LogP contribution in [0, 0.1) is 0 Å². The predicted octanol–water partition coefficient (Wildman–Crippen LogP) is 1.54. The van der Waals surface area contributed by atoms with Crippen molar-refractivity contribution in [1.29, 1.82) is 0 Å². The van der Waals surface area contributed by atoms with Crippen molar-refractivity contribution >= 4 is 29.9 Å². The van der Waals surface area contributed by atoms with Crippen LogP contribution in [0.3, 0.4) is 0 Å². The Morgan fingerprint density at radius 2 is 2.05 bits per heavy atom. The highest BCUT2D eigenvalue weighted by Crippen LogP contribution is 2.25. The standard InChI is InChI=1S/C14H21N3O3.ClH/c1-9(15)4-7-13(18)17-11-8-10(14(19)16-2)5-6-12(11)20-3;/h5-6,8-9H,4,7,15H2,1-3H3,(H,16,19)(H,17,18);1H. The van der Waals surface area contributed by atoms with E-state index in [1.54, 1.807) is 25.2 Å². The number of hydrogen-bond acceptors (Lipinski definition) is 4. The van der Waals surface area contributed by atoms with E-state index in [0.29, 0.717) is 29.8 Å². The van der Waals surface area contributed by atoms with E-state index >= 15 is 0 Å². The van der Waals surface area contributed by atoms with E-state index in [2.05, 4.69) is 10.6 Å². The Hall–Kier alpha value is -1.79. The van der Waals surface area contributed by atoms with Crippen molar-refractivity contribution in [2.75, 3.05) is 19.5 Å². The molecule has 6 nitrogen and oxygen atoms in total. The highest BCUT2D eigenvalue weighted by atomic mass is 35.5. The van der Waals surface area contributed by atoms with Gasteiger partial charge in [0.25, 0.3) is 5.91 Å². The molecule has 21 heavy (non-hydrogen) atoms. The lowest BCUT2D eigenvalue weighted by Crippen LogP contribution is -2.20. The smallest absolute Gasteiger partial charge is 0.251 e. The minimum Gasteiger partial charge on any atom is -0.495 e. The summed E-state index contributed by atoms with van der Waals surface area (Å²) in [7, 11) is 3.06. The molecule has 0 bridgehead atoms. The molecule has 1 aromatic carbocycles. The fraction of sp³-hybridized carbons (Fsp3) is 0.429. The molecule has 118 valence electrons. The number of carbonyl (C=O) groups excluding carboxylic acids is 2. The first-order valence-electron chi connectivity index (χ1n) is 6.43. The first-order chi connectivity index (χ1) is 9.47. The van der Waals surface area contributed by atoms with Crippen LogP contribution < -0.4 is 21.1 Å². The lowest BCUT2D eigenvalue weighted by atomic mass is 10.1. The van der Waals surface area contributed by atoms with Gasteiger partial charge in [-0.3, -0.25) is 9.59 Å². The maximum atomic E-state index is 11.8. The average molecular weight is 316 g/mol. The highest BCUT2D eigenvalue weighted by molar-refractivity contribution is 5.98. The molecule has 0 aromatic heterocycles. The molecule has 0 saturated carbocycles. The summed E-state index contributed by atoms with van der Waals surface area (Å²) in [5.74, 6) is 0.125. The number of anilines is 1. The van der Waals surface area contributed by atoms with Gasteiger partial charge < -0.3 is 21.1 Å². The summed E-state index contributed by atoms with van der Waals surface area (Å²) >= 11 is 0. The molecule has 0 aliphatic heterocycles. The monoisotopic (exact) mass is 315 g/mol. The summed E-state index contributed by atoms with van der Waals surface area (Å²) in [5, 5.41) is 5.27. The molecule has 1 rings (SSSR count). The Kier molecular flexibility index (Phi) is 8.42. The Morgan fingerprint density at radius 1 is 1.38 bits per heavy atom. The molecular formula is C14H22ClN3O3. The molecule has 1 unspecified atom stereocenters. The molecule has 7 heteroatoms. The first kappa shape index (κ1) is 19.2. The van der Waals surface area contributed by atoms with Crippen LogP contribution in [0.15, 0.2) is 18.2 Å². The third-order valence-corrected chi connectivity index (χ3v) is 2.79. The summed E-state index contributed by atoms with van der Waals surface area (Å²) in [5.41, 5.74) is 6.54. The second kappa shape index (κ2) is 9.20. The Balaban J connectivity index is 0.00000400. The van der Waals surface area contributed by atoms with E-state index in [1.165, 1.54) is 7.11 Å². The maximum Gasteiger partial charge on any atom is 0.251 e. The molecular weight excluding hydrogens is 294 g/mol. The van der Waals surface area contributed by atoms with Gasteiger partial charge in [-0.15, -0.1) is 12.4 Å². The largest absolute Gasteiger partial charge is 0.495 e. The molecule has 0 aliphatic carbocycles. The number of methoxy groups -OCH3 is 1. The van der Waals surface area contributed by atoms with Gasteiger partial charge in [-0.25, -0.2) is 0 Å². The number of ether oxygens (including phenoxy) is 1. The van der Waals surface area contributed by atoms with Crippen LogP contribution in [0.2, 0.25) is 0 Å². The van der Waals surface area contributed by atoms with E-state index in [1.807, 2.05) is 6.92 Å². The number of hydrogen-bond donors (Lipinski definition) is 3. The molecule has 0 heterocycles. The van der Waals surface area contributed by atoms with Gasteiger partial charge in [0, 0.05) is 25.1 Å². The zero-order valence-electron chi connectivity index (χ0n) is 12.4. The maximum absolute atomic E-state index is 11.8. The average Bonchev–Trinajstić information content (AvgIpc) is 2.44. The van der Waals surface area contributed by atoms with Gasteiger partial charge in [-0.1, -0.05) is 0 Å². The quantitative estimate of drug-likeness (QED) is 0.742. The molecule has 0 aliphatic rings. The predicted molar refractivity (Wildman–Crippen MR) is 85.1 cm³/mol. The van der Waals surface area contributed by atoms with Crippen molar-refractivity contribution in [1.82, 2.24) is 5.32 Å². The summed E-state index contributed by atoms with van der Waals surface area (Å²) < 4.78 is 5.17. The second-order valence-electron chi connectivity index (χ2n) is 4.56. The first-order valence-corrected chi connectivity index (χ1v) is 6.43. The van der Waals surface area contributed by atoms with Gasteiger partial charge in [0.1, 0.15) is 5.75 Å². The third kappa shape index (κ3) is 6.01. The number of carbonyl (C=O) groups is 2. The molecule has 0 fully saturated rings. The van der Waals surface area contributed by atoms with Gasteiger partial charge >= 0.3 is 0 Å². The normalized spacial score (nSPS) is 11.0. The molecule has 1 aromatic rings. The van der Waals surface area contributed by atoms with Gasteiger partial charge in [0.05, 0.1) is 12.8 Å². The van der Waals surface area contributed by atoms with Crippen LogP contribution in [-0.4, -0.2) is 32.0 Å². The number of nitrogens with one attached hydrogen (secondary N) is 2. The number of benzene rings is 1. The van der Waals surface area contributed by atoms with E-state index in [-0.39, 0.29) is 30.3 Å². The van der Waals surface area contributed by atoms with E-state index in [4.69, 9.17) is 10.5 Å². The highest BCUT2D eigenvalue weighted by Gasteiger charge is 2.12. The van der Waals surface area contributed by atoms with Crippen molar-refractivity contribution < 1.29 is 14.3 Å². The zero-order valence-corrected chi connectivity index (χ0v) is 13.3. The van der Waals surface area contributed by atoms with Crippen LogP contribution in [0.5, 0.6) is 5.75 Å². The van der Waals surface area contributed by atoms with Crippen molar-refractivity contribution in [3.05, 3.63) is 23.8 Å². The van der Waals surface area contributed by atoms with Crippen LogP contribution in [-0.2, 0) is 4.79 Å². The summed E-state index contributed by atoms with van der Waals surface area (Å²) in [6, 6.07) is 4.84. The van der Waals surface area contributed by atoms with Crippen molar-refractivity contribution in [2.24, 2.45) is 5.73 Å². The summed E-state index contributed by atoms with van der Waals surface area (Å²) in [6.45, 7) is 1.85. The lowest BCUT2D eigenvalue weighted by Gasteiger charge is -2.12. The Labute approximate surface area is 130 Å². The van der Waals surface area contributed by atoms with Gasteiger partial charge in [0.15, 0.2) is 0 Å². The van der Waals surface area contributed by atoms with E-state index < -0.39 is 0 Å². The number of halogens is 1. The molecule has 0 radical (unpaired) electrons. The van der Waals surface area contributed by atoms with Crippen molar-refractivity contribution in [2.45, 2.75) is 25.8 Å². The number of amides is 2. The molecule has 0 saturated heterocycles. The molecule has 1 atom stereocenters. The Bertz CT molecular complexity index is 492. The SMILES string of the molecule is CNC(=O)c1ccc(OC)c(NC(=O)CCC(C)N)c1.Cl. The van der Waals surface area contributed by atoms with Crippen LogP contribution in [0.1, 0.15) is 30.1 Å². The van der Waals surface area contributed by atoms with Crippen LogP contribution in [0.4, 0.5) is 5.69 Å². The lowest BCUT2D eigenvalue weighted by molar-refractivity contribution is -0.116. The van der Waals surface area contributed by atoms with Crippen molar-refractivity contribution in [3.8, 4) is 5.75 Å². The number of nitrogens with two attached hydrogens (primary N) is 1. The Morgan fingerprint density at radius 3 is 2.57 bits per heavy atom. The summed E-state index contributed by atoms with van der Waals surface area (Å²) in [4.78, 5) is 23.4. The van der Waals surface area contributed by atoms with Gasteiger partial charge in [-0.2, -0.15) is 0 Å². The molecule has 0 spiro atoms. The molecule has 4 N–H and O–H groups in total. The zero-order chi connectivity index (χ0) is 15.1. The topological polar surface area (TPSA) is 93.5 Å². The van der Waals surface area contributed by atoms with Crippen molar-refractivity contribution in [3.63, 3.8) is 0 Å².